The van der Waals surface area contributed by atoms with E-state index in [-0.39, 0.29) is 0 Å². The summed E-state index contributed by atoms with van der Waals surface area (Å²) < 4.78 is 0. The van der Waals surface area contributed by atoms with Crippen molar-refractivity contribution in [3.63, 3.8) is 0 Å². The molecular weight excluding hydrogens is 454 g/mol. The molecule has 0 atom stereocenters. The third kappa shape index (κ3) is 3.70. The van der Waals surface area contributed by atoms with E-state index in [2.05, 4.69) is 60.2 Å². The monoisotopic (exact) mass is 475 g/mol. The number of nitrogens with zero attached hydrogens (tertiary/aromatic N) is 5. The Morgan fingerprint density at radius 1 is 1.03 bits per heavy atom. The average Bonchev–Trinajstić information content (AvgIpc) is 3.53. The van der Waals surface area contributed by atoms with Gasteiger partial charge in [-0.05, 0) is 36.7 Å². The van der Waals surface area contributed by atoms with Crippen molar-refractivity contribution in [3.8, 4) is 11.4 Å². The van der Waals surface area contributed by atoms with E-state index in [1.807, 2.05) is 24.3 Å². The fourth-order valence-corrected chi connectivity index (χ4v) is 5.41. The molecule has 6 rings (SSSR count). The second kappa shape index (κ2) is 8.30. The van der Waals surface area contributed by atoms with Gasteiger partial charge in [-0.3, -0.25) is 0 Å². The van der Waals surface area contributed by atoms with E-state index in [4.69, 9.17) is 16.6 Å². The molecule has 33 heavy (non-hydrogen) atoms. The largest absolute Gasteiger partial charge is 0.369 e. The van der Waals surface area contributed by atoms with Crippen LogP contribution in [0.5, 0.6) is 0 Å². The van der Waals surface area contributed by atoms with Crippen molar-refractivity contribution in [2.75, 3.05) is 43.4 Å². The van der Waals surface area contributed by atoms with Crippen molar-refractivity contribution in [2.45, 2.75) is 0 Å². The quantitative estimate of drug-likeness (QED) is 0.363. The molecule has 0 spiro atoms. The van der Waals surface area contributed by atoms with Gasteiger partial charge in [-0.15, -0.1) is 10.2 Å². The van der Waals surface area contributed by atoms with Gasteiger partial charge in [0.1, 0.15) is 12.1 Å². The maximum absolute atomic E-state index is 6.74. The van der Waals surface area contributed by atoms with Crippen LogP contribution in [-0.4, -0.2) is 58.3 Å². The Hall–Kier alpha value is -3.20. The number of nitrogens with one attached hydrogen (secondary N) is 2. The first-order chi connectivity index (χ1) is 16.2. The van der Waals surface area contributed by atoms with Gasteiger partial charge in [-0.25, -0.2) is 4.98 Å². The van der Waals surface area contributed by atoms with Crippen LogP contribution in [0.25, 0.3) is 33.1 Å². The number of halogens is 1. The van der Waals surface area contributed by atoms with Gasteiger partial charge in [0.05, 0.1) is 16.2 Å². The van der Waals surface area contributed by atoms with Gasteiger partial charge in [0.2, 0.25) is 0 Å². The van der Waals surface area contributed by atoms with Crippen LogP contribution in [0.2, 0.25) is 5.02 Å². The third-order valence-electron chi connectivity index (χ3n) is 6.21. The van der Waals surface area contributed by atoms with E-state index in [1.165, 1.54) is 0 Å². The van der Waals surface area contributed by atoms with Crippen LogP contribution < -0.4 is 10.2 Å². The number of aromatic amines is 1. The summed E-state index contributed by atoms with van der Waals surface area (Å²) in [5.74, 6) is 1.48. The minimum absolute atomic E-state index is 0.681. The standard InChI is InChI=1S/C24H22ClN7S/c1-31-7-9-32(10-8-31)15-5-6-21(20(25)11-15)28-24-19-13-33-12-18(19)16-3-2-4-17(22(16)29-24)23-26-14-27-30-23/h2-6,11-14H,7-10H2,1H3,(H,28,29)(H,26,27,30). The van der Waals surface area contributed by atoms with E-state index in [0.717, 1.165) is 70.6 Å². The van der Waals surface area contributed by atoms with E-state index in [0.29, 0.717) is 10.8 Å². The number of thiophene rings is 1. The summed E-state index contributed by atoms with van der Waals surface area (Å²) in [5, 5.41) is 19.9. The molecule has 166 valence electrons. The molecule has 2 aromatic carbocycles. The number of aromatic nitrogens is 4. The molecule has 1 aliphatic rings. The molecule has 7 nitrogen and oxygen atoms in total. The number of pyridine rings is 1. The lowest BCUT2D eigenvalue weighted by Gasteiger charge is -2.34. The molecule has 1 saturated heterocycles. The highest BCUT2D eigenvalue weighted by Gasteiger charge is 2.17. The Bertz CT molecular complexity index is 1440. The SMILES string of the molecule is CN1CCN(c2ccc(Nc3nc4c(-c5nnc[nH]5)cccc4c4cscc34)c(Cl)c2)CC1. The zero-order valence-electron chi connectivity index (χ0n) is 18.0. The fraction of sp³-hybridized carbons (Fsp3) is 0.208. The highest BCUT2D eigenvalue weighted by molar-refractivity contribution is 7.09. The first-order valence-electron chi connectivity index (χ1n) is 10.8. The topological polar surface area (TPSA) is 73.0 Å². The van der Waals surface area contributed by atoms with Crippen molar-refractivity contribution in [1.82, 2.24) is 25.1 Å². The Labute approximate surface area is 200 Å². The van der Waals surface area contributed by atoms with Crippen molar-refractivity contribution in [2.24, 2.45) is 0 Å². The van der Waals surface area contributed by atoms with E-state index in [1.54, 1.807) is 17.7 Å². The lowest BCUT2D eigenvalue weighted by Crippen LogP contribution is -2.44. The summed E-state index contributed by atoms with van der Waals surface area (Å²) in [4.78, 5) is 12.8. The summed E-state index contributed by atoms with van der Waals surface area (Å²) >= 11 is 8.40. The van der Waals surface area contributed by atoms with Crippen LogP contribution >= 0.6 is 22.9 Å². The summed E-state index contributed by atoms with van der Waals surface area (Å²) in [6.07, 6.45) is 1.58. The lowest BCUT2D eigenvalue weighted by atomic mass is 10.1. The normalized spacial score (nSPS) is 14.9. The smallest absolute Gasteiger partial charge is 0.163 e. The van der Waals surface area contributed by atoms with Crippen LogP contribution in [0.4, 0.5) is 17.2 Å². The molecule has 3 aromatic heterocycles. The minimum atomic E-state index is 0.681. The highest BCUT2D eigenvalue weighted by Crippen LogP contribution is 2.38. The lowest BCUT2D eigenvalue weighted by molar-refractivity contribution is 0.313. The molecule has 0 amide bonds. The number of likely N-dealkylation sites (N-methyl/N-ethyl adjacent to an activating group) is 1. The molecule has 0 radical (unpaired) electrons. The molecule has 5 aromatic rings. The minimum Gasteiger partial charge on any atom is -0.369 e. The predicted octanol–water partition coefficient (Wildman–Crippen LogP) is 5.38. The molecule has 0 bridgehead atoms. The van der Waals surface area contributed by atoms with Crippen molar-refractivity contribution >= 4 is 61.8 Å². The number of piperazine rings is 1. The molecule has 2 N–H and O–H groups in total. The molecule has 1 aliphatic heterocycles. The summed E-state index contributed by atoms with van der Waals surface area (Å²) in [5.41, 5.74) is 3.77. The number of anilines is 3. The Morgan fingerprint density at radius 2 is 1.88 bits per heavy atom. The van der Waals surface area contributed by atoms with Gasteiger partial charge >= 0.3 is 0 Å². The molecule has 0 unspecified atom stereocenters. The molecular formula is C24H22ClN7S. The first kappa shape index (κ1) is 20.4. The van der Waals surface area contributed by atoms with Gasteiger partial charge in [0.15, 0.2) is 5.82 Å². The van der Waals surface area contributed by atoms with Crippen molar-refractivity contribution in [3.05, 3.63) is 58.5 Å². The van der Waals surface area contributed by atoms with Gasteiger partial charge in [-0.1, -0.05) is 23.7 Å². The van der Waals surface area contributed by atoms with Gasteiger partial charge < -0.3 is 20.1 Å². The third-order valence-corrected chi connectivity index (χ3v) is 7.27. The molecule has 0 aliphatic carbocycles. The Kier molecular flexibility index (Phi) is 5.13. The average molecular weight is 476 g/mol. The Morgan fingerprint density at radius 3 is 2.67 bits per heavy atom. The molecule has 0 saturated carbocycles. The second-order valence-electron chi connectivity index (χ2n) is 8.28. The molecule has 1 fully saturated rings. The first-order valence-corrected chi connectivity index (χ1v) is 12.1. The van der Waals surface area contributed by atoms with E-state index in [9.17, 15) is 0 Å². The maximum Gasteiger partial charge on any atom is 0.163 e. The summed E-state index contributed by atoms with van der Waals surface area (Å²) in [6.45, 7) is 4.13. The number of fused-ring (bicyclic) bond motifs is 3. The zero-order valence-corrected chi connectivity index (χ0v) is 19.6. The van der Waals surface area contributed by atoms with Crippen molar-refractivity contribution in [1.29, 1.82) is 0 Å². The van der Waals surface area contributed by atoms with E-state index < -0.39 is 0 Å². The Balaban J connectivity index is 1.40. The fourth-order valence-electron chi connectivity index (χ4n) is 4.36. The number of rotatable bonds is 4. The summed E-state index contributed by atoms with van der Waals surface area (Å²) in [7, 11) is 2.16. The van der Waals surface area contributed by atoms with Crippen LogP contribution in [0.15, 0.2) is 53.5 Å². The van der Waals surface area contributed by atoms with Gasteiger partial charge in [-0.2, -0.15) is 11.3 Å². The van der Waals surface area contributed by atoms with Crippen LogP contribution in [0.3, 0.4) is 0 Å². The maximum atomic E-state index is 6.74. The number of para-hydroxylation sites is 1. The van der Waals surface area contributed by atoms with Gasteiger partial charge in [0.25, 0.3) is 0 Å². The summed E-state index contributed by atoms with van der Waals surface area (Å²) in [6, 6.07) is 12.4. The second-order valence-corrected chi connectivity index (χ2v) is 9.43. The van der Waals surface area contributed by atoms with Gasteiger partial charge in [0, 0.05) is 59.0 Å². The van der Waals surface area contributed by atoms with Crippen molar-refractivity contribution < 1.29 is 0 Å². The number of hydrogen-bond acceptors (Lipinski definition) is 7. The van der Waals surface area contributed by atoms with Crippen LogP contribution in [0, 0.1) is 0 Å². The predicted molar refractivity (Wildman–Crippen MR) is 137 cm³/mol. The van der Waals surface area contributed by atoms with Crippen LogP contribution in [0.1, 0.15) is 0 Å². The highest BCUT2D eigenvalue weighted by atomic mass is 35.5. The van der Waals surface area contributed by atoms with E-state index >= 15 is 0 Å². The molecule has 9 heteroatoms. The number of benzene rings is 2. The number of hydrogen-bond donors (Lipinski definition) is 2. The molecule has 4 heterocycles. The van der Waals surface area contributed by atoms with Crippen LogP contribution in [-0.2, 0) is 0 Å². The zero-order chi connectivity index (χ0) is 22.4. The number of H-pyrrole nitrogens is 1.